The first-order chi connectivity index (χ1) is 10.1. The van der Waals surface area contributed by atoms with Crippen molar-refractivity contribution in [3.8, 4) is 0 Å². The molecule has 1 N–H and O–H groups in total. The summed E-state index contributed by atoms with van der Waals surface area (Å²) in [5.74, 6) is -0.514. The summed E-state index contributed by atoms with van der Waals surface area (Å²) < 4.78 is 22.9. The quantitative estimate of drug-likeness (QED) is 0.677. The number of nitrogens with zero attached hydrogens (tertiary/aromatic N) is 2. The molecule has 0 spiro atoms. The zero-order chi connectivity index (χ0) is 16.5. The van der Waals surface area contributed by atoms with E-state index in [2.05, 4.69) is 10.2 Å². The third-order valence-electron chi connectivity index (χ3n) is 4.46. The number of likely N-dealkylation sites (N-methyl/N-ethyl adjacent to an activating group) is 1. The Morgan fingerprint density at radius 2 is 1.73 bits per heavy atom. The molecular weight excluding hydrogens is 306 g/mol. The Kier molecular flexibility index (Phi) is 4.81. The molecule has 2 rings (SSSR count). The molecule has 0 saturated carbocycles. The average Bonchev–Trinajstić information content (AvgIpc) is 2.78. The van der Waals surface area contributed by atoms with Crippen LogP contribution in [0, 0.1) is 5.41 Å². The second kappa shape index (κ2) is 6.16. The van der Waals surface area contributed by atoms with Crippen LogP contribution in [0.15, 0.2) is 0 Å². The molecule has 2 aliphatic heterocycles. The van der Waals surface area contributed by atoms with Crippen molar-refractivity contribution in [2.75, 3.05) is 44.7 Å². The zero-order valence-corrected chi connectivity index (χ0v) is 14.3. The maximum Gasteiger partial charge on any atom is 0.237 e. The topological polar surface area (TPSA) is 86.8 Å². The van der Waals surface area contributed by atoms with Gasteiger partial charge in [0.25, 0.3) is 0 Å². The van der Waals surface area contributed by atoms with Crippen LogP contribution in [0.3, 0.4) is 0 Å². The maximum absolute atomic E-state index is 12.6. The van der Waals surface area contributed by atoms with Crippen LogP contribution < -0.4 is 5.32 Å². The predicted octanol–water partition coefficient (Wildman–Crippen LogP) is -0.910. The molecule has 1 unspecified atom stereocenters. The van der Waals surface area contributed by atoms with Crippen molar-refractivity contribution < 1.29 is 18.0 Å². The molecule has 0 radical (unpaired) electrons. The minimum Gasteiger partial charge on any atom is -0.351 e. The van der Waals surface area contributed by atoms with Gasteiger partial charge in [0.2, 0.25) is 11.8 Å². The molecule has 22 heavy (non-hydrogen) atoms. The number of rotatable bonds is 3. The molecule has 2 amide bonds. The average molecular weight is 331 g/mol. The third kappa shape index (κ3) is 3.78. The van der Waals surface area contributed by atoms with E-state index in [0.717, 1.165) is 13.1 Å². The number of carbonyl (C=O) groups is 2. The molecule has 0 aromatic carbocycles. The summed E-state index contributed by atoms with van der Waals surface area (Å²) in [4.78, 5) is 28.9. The molecule has 0 aromatic heterocycles. The number of hydrogen-bond donors (Lipinski definition) is 1. The lowest BCUT2D eigenvalue weighted by Crippen LogP contribution is -2.55. The van der Waals surface area contributed by atoms with Crippen molar-refractivity contribution in [1.82, 2.24) is 15.1 Å². The number of piperazine rings is 1. The predicted molar refractivity (Wildman–Crippen MR) is 83.1 cm³/mol. The monoisotopic (exact) mass is 331 g/mol. The molecule has 126 valence electrons. The Balaban J connectivity index is 1.96. The van der Waals surface area contributed by atoms with Gasteiger partial charge in [-0.25, -0.2) is 8.42 Å². The zero-order valence-electron chi connectivity index (χ0n) is 13.5. The second-order valence-electron chi connectivity index (χ2n) is 6.79. The van der Waals surface area contributed by atoms with E-state index < -0.39 is 21.2 Å². The van der Waals surface area contributed by atoms with Gasteiger partial charge in [-0.2, -0.15) is 0 Å². The largest absolute Gasteiger partial charge is 0.351 e. The maximum atomic E-state index is 12.6. The molecule has 0 aliphatic carbocycles. The standard InChI is InChI=1S/C14H25N3O4S/c1-14(2,13(19)17-7-5-16(3)6-8-17)12(18)15-11-4-9-22(20,21)10-11/h11H,4-10H2,1-3H3,(H,15,18). The van der Waals surface area contributed by atoms with Gasteiger partial charge in [-0.1, -0.05) is 0 Å². The van der Waals surface area contributed by atoms with Gasteiger partial charge in [0.05, 0.1) is 11.5 Å². The van der Waals surface area contributed by atoms with Gasteiger partial charge in [-0.05, 0) is 27.3 Å². The van der Waals surface area contributed by atoms with E-state index in [4.69, 9.17) is 0 Å². The molecule has 0 bridgehead atoms. The smallest absolute Gasteiger partial charge is 0.237 e. The Morgan fingerprint density at radius 1 is 1.14 bits per heavy atom. The fourth-order valence-electron chi connectivity index (χ4n) is 2.78. The first kappa shape index (κ1) is 17.2. The molecule has 0 aromatic rings. The van der Waals surface area contributed by atoms with Gasteiger partial charge < -0.3 is 15.1 Å². The van der Waals surface area contributed by atoms with Gasteiger partial charge in [-0.15, -0.1) is 0 Å². The van der Waals surface area contributed by atoms with Crippen LogP contribution >= 0.6 is 0 Å². The summed E-state index contributed by atoms with van der Waals surface area (Å²) >= 11 is 0. The Labute approximate surface area is 131 Å². The Morgan fingerprint density at radius 3 is 2.23 bits per heavy atom. The van der Waals surface area contributed by atoms with Crippen molar-refractivity contribution >= 4 is 21.7 Å². The highest BCUT2D eigenvalue weighted by atomic mass is 32.2. The van der Waals surface area contributed by atoms with E-state index in [0.29, 0.717) is 19.5 Å². The van der Waals surface area contributed by atoms with Crippen LogP contribution in [0.25, 0.3) is 0 Å². The molecule has 1 atom stereocenters. The number of nitrogens with one attached hydrogen (secondary N) is 1. The summed E-state index contributed by atoms with van der Waals surface area (Å²) in [6.45, 7) is 6.03. The van der Waals surface area contributed by atoms with Crippen molar-refractivity contribution in [2.45, 2.75) is 26.3 Å². The minimum atomic E-state index is -3.05. The summed E-state index contributed by atoms with van der Waals surface area (Å²) in [6.07, 6.45) is 0.423. The Bertz CT molecular complexity index is 550. The van der Waals surface area contributed by atoms with Gasteiger partial charge in [-0.3, -0.25) is 9.59 Å². The van der Waals surface area contributed by atoms with Gasteiger partial charge >= 0.3 is 0 Å². The number of amides is 2. The van der Waals surface area contributed by atoms with Gasteiger partial charge in [0.15, 0.2) is 9.84 Å². The summed E-state index contributed by atoms with van der Waals surface area (Å²) in [7, 11) is -1.05. The van der Waals surface area contributed by atoms with Crippen LogP contribution in [0.1, 0.15) is 20.3 Å². The fourth-order valence-corrected chi connectivity index (χ4v) is 4.45. The SMILES string of the molecule is CN1CCN(C(=O)C(C)(C)C(=O)NC2CCS(=O)(=O)C2)CC1. The van der Waals surface area contributed by atoms with E-state index in [1.54, 1.807) is 18.7 Å². The van der Waals surface area contributed by atoms with E-state index >= 15 is 0 Å². The van der Waals surface area contributed by atoms with Gasteiger partial charge in [0.1, 0.15) is 5.41 Å². The normalized spacial score (nSPS) is 26.0. The highest BCUT2D eigenvalue weighted by Gasteiger charge is 2.41. The molecule has 2 fully saturated rings. The fraction of sp³-hybridized carbons (Fsp3) is 0.857. The number of hydrogen-bond acceptors (Lipinski definition) is 5. The van der Waals surface area contributed by atoms with Crippen molar-refractivity contribution in [3.05, 3.63) is 0 Å². The molecule has 2 heterocycles. The van der Waals surface area contributed by atoms with Crippen LogP contribution in [0.4, 0.5) is 0 Å². The Hall–Kier alpha value is -1.15. The first-order valence-electron chi connectivity index (χ1n) is 7.61. The summed E-state index contributed by atoms with van der Waals surface area (Å²) in [5, 5.41) is 2.73. The molecule has 2 saturated heterocycles. The van der Waals surface area contributed by atoms with Crippen LogP contribution in [0.5, 0.6) is 0 Å². The van der Waals surface area contributed by atoms with Gasteiger partial charge in [0, 0.05) is 32.2 Å². The number of sulfone groups is 1. The minimum absolute atomic E-state index is 0.0302. The lowest BCUT2D eigenvalue weighted by molar-refractivity contribution is -0.149. The summed E-state index contributed by atoms with van der Waals surface area (Å²) in [5.41, 5.74) is -1.18. The highest BCUT2D eigenvalue weighted by molar-refractivity contribution is 7.91. The van der Waals surface area contributed by atoms with E-state index in [1.165, 1.54) is 0 Å². The molecule has 7 nitrogen and oxygen atoms in total. The lowest BCUT2D eigenvalue weighted by Gasteiger charge is -2.37. The molecule has 8 heteroatoms. The van der Waals surface area contributed by atoms with E-state index in [-0.39, 0.29) is 23.5 Å². The lowest BCUT2D eigenvalue weighted by atomic mass is 9.89. The number of carbonyl (C=O) groups excluding carboxylic acids is 2. The van der Waals surface area contributed by atoms with Crippen molar-refractivity contribution in [2.24, 2.45) is 5.41 Å². The highest BCUT2D eigenvalue weighted by Crippen LogP contribution is 2.22. The van der Waals surface area contributed by atoms with E-state index in [9.17, 15) is 18.0 Å². The second-order valence-corrected chi connectivity index (χ2v) is 9.02. The first-order valence-corrected chi connectivity index (χ1v) is 9.43. The van der Waals surface area contributed by atoms with Crippen LogP contribution in [-0.2, 0) is 19.4 Å². The van der Waals surface area contributed by atoms with Crippen LogP contribution in [0.2, 0.25) is 0 Å². The van der Waals surface area contributed by atoms with E-state index in [1.807, 2.05) is 7.05 Å². The van der Waals surface area contributed by atoms with Crippen molar-refractivity contribution in [1.29, 1.82) is 0 Å². The third-order valence-corrected chi connectivity index (χ3v) is 6.23. The summed E-state index contributed by atoms with van der Waals surface area (Å²) in [6, 6.07) is -0.378. The molecular formula is C14H25N3O4S. The molecule has 2 aliphatic rings. The van der Waals surface area contributed by atoms with Crippen LogP contribution in [-0.4, -0.2) is 80.8 Å². The van der Waals surface area contributed by atoms with Crippen molar-refractivity contribution in [3.63, 3.8) is 0 Å².